The Morgan fingerprint density at radius 2 is 1.76 bits per heavy atom. The first-order chi connectivity index (χ1) is 16.5. The largest absolute Gasteiger partial charge is 0.497 e. The minimum atomic E-state index is -0.0816. The number of rotatable bonds is 6. The van der Waals surface area contributed by atoms with Crippen LogP contribution >= 0.6 is 0 Å². The quantitative estimate of drug-likeness (QED) is 0.607. The smallest absolute Gasteiger partial charge is 0.277 e. The summed E-state index contributed by atoms with van der Waals surface area (Å²) in [5, 5.41) is 7.44. The molecular weight excluding hydrogens is 428 g/mol. The van der Waals surface area contributed by atoms with Crippen LogP contribution < -0.4 is 15.0 Å². The van der Waals surface area contributed by atoms with Crippen molar-refractivity contribution in [3.05, 3.63) is 71.0 Å². The number of hydrogen-bond acceptors (Lipinski definition) is 4. The molecule has 0 bridgehead atoms. The predicted octanol–water partition coefficient (Wildman–Crippen LogP) is 3.95. The van der Waals surface area contributed by atoms with Crippen LogP contribution in [-0.2, 0) is 16.6 Å². The summed E-state index contributed by atoms with van der Waals surface area (Å²) in [6, 6.07) is 15.8. The molecule has 176 valence electrons. The van der Waals surface area contributed by atoms with Crippen LogP contribution in [0.1, 0.15) is 53.0 Å². The fraction of sp³-hybridized carbons (Fsp3) is 0.370. The summed E-state index contributed by atoms with van der Waals surface area (Å²) in [5.41, 5.74) is 5.30. The Kier molecular flexibility index (Phi) is 5.63. The number of benzene rings is 2. The zero-order valence-corrected chi connectivity index (χ0v) is 19.9. The van der Waals surface area contributed by atoms with Crippen LogP contribution in [0.5, 0.6) is 5.75 Å². The second-order valence-electron chi connectivity index (χ2n) is 9.26. The van der Waals surface area contributed by atoms with Gasteiger partial charge in [0.2, 0.25) is 5.91 Å². The number of anilines is 1. The monoisotopic (exact) mass is 458 g/mol. The van der Waals surface area contributed by atoms with Gasteiger partial charge in [-0.1, -0.05) is 18.6 Å². The summed E-state index contributed by atoms with van der Waals surface area (Å²) in [6.07, 6.45) is 4.44. The van der Waals surface area contributed by atoms with E-state index in [0.717, 1.165) is 54.1 Å². The maximum atomic E-state index is 13.7. The number of carbonyl (C=O) groups is 2. The lowest BCUT2D eigenvalue weighted by Crippen LogP contribution is -2.40. The molecule has 0 atom stereocenters. The number of hydrogen-bond donors (Lipinski definition) is 1. The molecule has 1 N–H and O–H groups in total. The normalized spacial score (nSPS) is 16.6. The van der Waals surface area contributed by atoms with E-state index in [1.807, 2.05) is 48.2 Å². The van der Waals surface area contributed by atoms with Gasteiger partial charge < -0.3 is 15.0 Å². The lowest BCUT2D eigenvalue weighted by Gasteiger charge is -2.42. The van der Waals surface area contributed by atoms with Crippen molar-refractivity contribution in [2.24, 2.45) is 0 Å². The van der Waals surface area contributed by atoms with Crippen LogP contribution in [0.25, 0.3) is 5.69 Å². The van der Waals surface area contributed by atoms with Crippen molar-refractivity contribution in [2.45, 2.75) is 44.4 Å². The molecule has 0 spiro atoms. The molecule has 0 saturated heterocycles. The van der Waals surface area contributed by atoms with E-state index in [4.69, 9.17) is 4.74 Å². The van der Waals surface area contributed by atoms with Crippen LogP contribution in [0.2, 0.25) is 0 Å². The highest BCUT2D eigenvalue weighted by Gasteiger charge is 2.40. The molecule has 1 aliphatic carbocycles. The van der Waals surface area contributed by atoms with Crippen LogP contribution in [-0.4, -0.2) is 42.3 Å². The topological polar surface area (TPSA) is 76.5 Å². The average Bonchev–Trinajstić information content (AvgIpc) is 3.19. The number of amides is 2. The molecule has 1 aromatic heterocycles. The van der Waals surface area contributed by atoms with E-state index in [9.17, 15) is 9.59 Å². The summed E-state index contributed by atoms with van der Waals surface area (Å²) >= 11 is 0. The molecule has 2 aliphatic rings. The molecule has 3 aromatic rings. The maximum absolute atomic E-state index is 13.7. The highest BCUT2D eigenvalue weighted by Crippen LogP contribution is 2.47. The molecule has 2 amide bonds. The number of carbonyl (C=O) groups excluding carboxylic acids is 2. The van der Waals surface area contributed by atoms with Gasteiger partial charge >= 0.3 is 0 Å². The van der Waals surface area contributed by atoms with Crippen molar-refractivity contribution >= 4 is 17.5 Å². The van der Waals surface area contributed by atoms with Crippen LogP contribution in [0, 0.1) is 6.92 Å². The SMILES string of the molecule is CNC(=O)CC1(c2ccc(N3CCc4c(C)nn(-c5ccc(OC)cc5)c4C3=O)cc2)CCC1. The first-order valence-corrected chi connectivity index (χ1v) is 11.8. The first-order valence-electron chi connectivity index (χ1n) is 11.8. The fourth-order valence-electron chi connectivity index (χ4n) is 5.25. The predicted molar refractivity (Wildman–Crippen MR) is 131 cm³/mol. The number of aromatic nitrogens is 2. The van der Waals surface area contributed by atoms with Gasteiger partial charge in [-0.05, 0) is 68.1 Å². The summed E-state index contributed by atoms with van der Waals surface area (Å²) in [5.74, 6) is 0.786. The Hall–Kier alpha value is -3.61. The number of aryl methyl sites for hydroxylation is 1. The molecule has 2 aromatic carbocycles. The zero-order valence-electron chi connectivity index (χ0n) is 19.9. The third-order valence-electron chi connectivity index (χ3n) is 7.41. The van der Waals surface area contributed by atoms with Gasteiger partial charge in [-0.25, -0.2) is 4.68 Å². The molecular formula is C27H30N4O3. The van der Waals surface area contributed by atoms with Crippen LogP contribution in [0.3, 0.4) is 0 Å². The number of nitrogens with zero attached hydrogens (tertiary/aromatic N) is 3. The molecule has 2 heterocycles. The maximum Gasteiger partial charge on any atom is 0.277 e. The van der Waals surface area contributed by atoms with Crippen molar-refractivity contribution < 1.29 is 14.3 Å². The van der Waals surface area contributed by atoms with Crippen molar-refractivity contribution in [3.63, 3.8) is 0 Å². The Morgan fingerprint density at radius 3 is 2.35 bits per heavy atom. The van der Waals surface area contributed by atoms with E-state index in [0.29, 0.717) is 18.7 Å². The van der Waals surface area contributed by atoms with Crippen LogP contribution in [0.15, 0.2) is 48.5 Å². The van der Waals surface area contributed by atoms with Gasteiger partial charge in [-0.15, -0.1) is 0 Å². The van der Waals surface area contributed by atoms with E-state index in [1.165, 1.54) is 5.56 Å². The fourth-order valence-corrected chi connectivity index (χ4v) is 5.25. The second-order valence-corrected chi connectivity index (χ2v) is 9.26. The van der Waals surface area contributed by atoms with Crippen molar-refractivity contribution in [2.75, 3.05) is 25.6 Å². The summed E-state index contributed by atoms with van der Waals surface area (Å²) in [4.78, 5) is 27.6. The van der Waals surface area contributed by atoms with Gasteiger partial charge in [0, 0.05) is 36.7 Å². The van der Waals surface area contributed by atoms with Gasteiger partial charge in [0.05, 0.1) is 18.5 Å². The lowest BCUT2D eigenvalue weighted by atomic mass is 9.62. The Bertz CT molecular complexity index is 1220. The molecule has 1 fully saturated rings. The molecule has 34 heavy (non-hydrogen) atoms. The average molecular weight is 459 g/mol. The van der Waals surface area contributed by atoms with Gasteiger partial charge in [-0.3, -0.25) is 9.59 Å². The minimum absolute atomic E-state index is 0.0471. The van der Waals surface area contributed by atoms with Crippen LogP contribution in [0.4, 0.5) is 5.69 Å². The number of fused-ring (bicyclic) bond motifs is 1. The number of nitrogens with one attached hydrogen (secondary N) is 1. The van der Waals surface area contributed by atoms with Gasteiger partial charge in [0.25, 0.3) is 5.91 Å². The van der Waals surface area contributed by atoms with Gasteiger partial charge in [-0.2, -0.15) is 5.10 Å². The van der Waals surface area contributed by atoms with E-state index >= 15 is 0 Å². The zero-order chi connectivity index (χ0) is 23.9. The Balaban J connectivity index is 1.43. The van der Waals surface area contributed by atoms with Crippen molar-refractivity contribution in [1.82, 2.24) is 15.1 Å². The molecule has 5 rings (SSSR count). The van der Waals surface area contributed by atoms with Gasteiger partial charge in [0.1, 0.15) is 11.4 Å². The van der Waals surface area contributed by atoms with Gasteiger partial charge in [0.15, 0.2) is 0 Å². The summed E-state index contributed by atoms with van der Waals surface area (Å²) < 4.78 is 7.01. The minimum Gasteiger partial charge on any atom is -0.497 e. The van der Waals surface area contributed by atoms with E-state index in [1.54, 1.807) is 18.8 Å². The van der Waals surface area contributed by atoms with Crippen molar-refractivity contribution in [3.8, 4) is 11.4 Å². The summed E-state index contributed by atoms with van der Waals surface area (Å²) in [7, 11) is 3.32. The lowest BCUT2D eigenvalue weighted by molar-refractivity contribution is -0.122. The standard InChI is InChI=1S/C27H30N4O3/c1-18-23-13-16-30(26(33)25(23)31(29-18)21-9-11-22(34-3)12-10-21)20-7-5-19(6-8-20)27(14-4-15-27)17-24(32)28-2/h5-12H,4,13-17H2,1-3H3,(H,28,32). The second kappa shape index (κ2) is 8.63. The summed E-state index contributed by atoms with van der Waals surface area (Å²) in [6.45, 7) is 2.57. The highest BCUT2D eigenvalue weighted by atomic mass is 16.5. The number of methoxy groups -OCH3 is 1. The van der Waals surface area contributed by atoms with E-state index in [2.05, 4.69) is 22.5 Å². The van der Waals surface area contributed by atoms with E-state index in [-0.39, 0.29) is 17.2 Å². The molecule has 0 radical (unpaired) electrons. The van der Waals surface area contributed by atoms with E-state index < -0.39 is 0 Å². The third-order valence-corrected chi connectivity index (χ3v) is 7.41. The molecule has 7 nitrogen and oxygen atoms in total. The first kappa shape index (κ1) is 22.2. The molecule has 0 unspecified atom stereocenters. The highest BCUT2D eigenvalue weighted by molar-refractivity contribution is 6.07. The molecule has 7 heteroatoms. The molecule has 1 aliphatic heterocycles. The van der Waals surface area contributed by atoms with Crippen molar-refractivity contribution in [1.29, 1.82) is 0 Å². The third kappa shape index (κ3) is 3.65. The number of ether oxygens (including phenoxy) is 1. The molecule has 1 saturated carbocycles. The Morgan fingerprint density at radius 1 is 1.09 bits per heavy atom. The Labute approximate surface area is 199 Å².